The van der Waals surface area contributed by atoms with Gasteiger partial charge in [0.05, 0.1) is 16.2 Å². The quantitative estimate of drug-likeness (QED) is 0.301. The maximum atomic E-state index is 12.7. The number of carbonyl (C=O) groups excluding carboxylic acids is 1. The number of non-ortho nitro benzene ring substituents is 1. The molecule has 2 N–H and O–H groups in total. The van der Waals surface area contributed by atoms with Gasteiger partial charge >= 0.3 is 0 Å². The van der Waals surface area contributed by atoms with Crippen molar-refractivity contribution in [1.82, 2.24) is 19.7 Å². The minimum absolute atomic E-state index is 0.0112. The number of aromatic amines is 1. The average molecular weight is 465 g/mol. The molecule has 3 aromatic heterocycles. The predicted molar refractivity (Wildman–Crippen MR) is 125 cm³/mol. The van der Waals surface area contributed by atoms with Crippen LogP contribution in [0.15, 0.2) is 58.7 Å². The number of thiophene rings is 1. The Labute approximate surface area is 192 Å². The van der Waals surface area contributed by atoms with Crippen molar-refractivity contribution in [3.05, 3.63) is 85.6 Å². The molecule has 0 aliphatic heterocycles. The molecule has 0 fully saturated rings. The van der Waals surface area contributed by atoms with Gasteiger partial charge in [-0.05, 0) is 23.4 Å². The fourth-order valence-electron chi connectivity index (χ4n) is 3.26. The predicted octanol–water partition coefficient (Wildman–Crippen LogP) is 3.73. The zero-order chi connectivity index (χ0) is 23.4. The number of benzene rings is 1. The van der Waals surface area contributed by atoms with Crippen LogP contribution < -0.4 is 10.9 Å². The highest BCUT2D eigenvalue weighted by atomic mass is 32.1. The summed E-state index contributed by atoms with van der Waals surface area (Å²) in [6, 6.07) is 12.8. The van der Waals surface area contributed by atoms with Crippen LogP contribution in [0.5, 0.6) is 0 Å². The van der Waals surface area contributed by atoms with E-state index in [9.17, 15) is 19.7 Å². The first kappa shape index (κ1) is 22.1. The van der Waals surface area contributed by atoms with Crippen molar-refractivity contribution in [2.24, 2.45) is 0 Å². The van der Waals surface area contributed by atoms with Crippen molar-refractivity contribution in [3.8, 4) is 16.5 Å². The van der Waals surface area contributed by atoms with Gasteiger partial charge in [0.25, 0.3) is 11.2 Å². The first-order valence-electron chi connectivity index (χ1n) is 10.2. The summed E-state index contributed by atoms with van der Waals surface area (Å²) in [6.45, 7) is 2.00. The van der Waals surface area contributed by atoms with Crippen LogP contribution in [0.2, 0.25) is 0 Å². The number of nitro groups is 1. The second kappa shape index (κ2) is 9.57. The number of nitrogens with one attached hydrogen (secondary N) is 2. The summed E-state index contributed by atoms with van der Waals surface area (Å²) >= 11 is 1.50. The number of nitrogens with zero attached hydrogens (tertiary/aromatic N) is 4. The topological polar surface area (TPSA) is 136 Å². The molecule has 0 aliphatic rings. The summed E-state index contributed by atoms with van der Waals surface area (Å²) in [5.41, 5.74) is 1.53. The summed E-state index contributed by atoms with van der Waals surface area (Å²) in [7, 11) is 0. The molecular formula is C22H20N6O4S. The Balaban J connectivity index is 1.65. The molecule has 0 bridgehead atoms. The third kappa shape index (κ3) is 5.21. The minimum Gasteiger partial charge on any atom is -0.310 e. The van der Waals surface area contributed by atoms with Gasteiger partial charge in [0.15, 0.2) is 0 Å². The van der Waals surface area contributed by atoms with Gasteiger partial charge in [-0.3, -0.25) is 24.7 Å². The molecule has 11 heteroatoms. The Morgan fingerprint density at radius 1 is 1.24 bits per heavy atom. The summed E-state index contributed by atoms with van der Waals surface area (Å²) in [5.74, 6) is 0.219. The molecule has 0 spiro atoms. The highest BCUT2D eigenvalue weighted by Gasteiger charge is 2.17. The van der Waals surface area contributed by atoms with Crippen LogP contribution >= 0.6 is 11.3 Å². The number of hydrogen-bond acceptors (Lipinski definition) is 7. The molecule has 0 radical (unpaired) electrons. The number of anilines is 1. The average Bonchev–Trinajstić information content (AvgIpc) is 3.44. The summed E-state index contributed by atoms with van der Waals surface area (Å²) in [6.07, 6.45) is 1.48. The lowest BCUT2D eigenvalue weighted by molar-refractivity contribution is -0.384. The molecule has 0 atom stereocenters. The van der Waals surface area contributed by atoms with Gasteiger partial charge in [0.1, 0.15) is 11.5 Å². The van der Waals surface area contributed by atoms with Crippen molar-refractivity contribution < 1.29 is 9.72 Å². The lowest BCUT2D eigenvalue weighted by Crippen LogP contribution is -2.20. The number of carbonyl (C=O) groups is 1. The number of H-pyrrole nitrogens is 1. The van der Waals surface area contributed by atoms with Gasteiger partial charge in [0, 0.05) is 30.0 Å². The van der Waals surface area contributed by atoms with Gasteiger partial charge in [-0.1, -0.05) is 31.5 Å². The fraction of sp³-hybridized carbons (Fsp3) is 0.182. The van der Waals surface area contributed by atoms with Crippen LogP contribution in [0.3, 0.4) is 0 Å². The van der Waals surface area contributed by atoms with Crippen LogP contribution in [0.4, 0.5) is 11.5 Å². The van der Waals surface area contributed by atoms with Gasteiger partial charge in [-0.15, -0.1) is 11.3 Å². The number of rotatable bonds is 8. The van der Waals surface area contributed by atoms with Gasteiger partial charge in [-0.2, -0.15) is 9.78 Å². The first-order chi connectivity index (χ1) is 15.9. The molecule has 3 heterocycles. The van der Waals surface area contributed by atoms with E-state index in [4.69, 9.17) is 0 Å². The summed E-state index contributed by atoms with van der Waals surface area (Å²) in [4.78, 5) is 43.3. The van der Waals surface area contributed by atoms with Gasteiger partial charge in [-0.25, -0.2) is 4.98 Å². The highest BCUT2D eigenvalue weighted by Crippen LogP contribution is 2.27. The smallest absolute Gasteiger partial charge is 0.269 e. The Kier molecular flexibility index (Phi) is 6.41. The maximum absolute atomic E-state index is 12.7. The van der Waals surface area contributed by atoms with Gasteiger partial charge < -0.3 is 5.32 Å². The normalized spacial score (nSPS) is 10.8. The van der Waals surface area contributed by atoms with Crippen LogP contribution in [0, 0.1) is 10.1 Å². The Bertz CT molecular complexity index is 1340. The molecule has 10 nitrogen and oxygen atoms in total. The Morgan fingerprint density at radius 2 is 2.03 bits per heavy atom. The van der Waals surface area contributed by atoms with Crippen molar-refractivity contribution in [2.75, 3.05) is 5.32 Å². The third-order valence-corrected chi connectivity index (χ3v) is 5.64. The first-order valence-corrected chi connectivity index (χ1v) is 11.1. The Hall–Kier alpha value is -4.12. The lowest BCUT2D eigenvalue weighted by Gasteiger charge is -2.09. The standard InChI is InChI=1S/C22H20N6O4S/c1-2-4-15-12-21(30)25-22(23-15)27-19(13-17(26-27)18-5-3-10-33-18)24-20(29)11-14-6-8-16(9-7-14)28(31)32/h3,5-10,12-13H,2,4,11H2,1H3,(H,24,29)(H,23,25,30). The van der Waals surface area contributed by atoms with E-state index >= 15 is 0 Å². The molecular weight excluding hydrogens is 444 g/mol. The molecule has 0 aliphatic carbocycles. The molecule has 4 aromatic rings. The van der Waals surface area contributed by atoms with E-state index in [0.29, 0.717) is 29.2 Å². The number of amides is 1. The molecule has 168 valence electrons. The van der Waals surface area contributed by atoms with Crippen LogP contribution in [0.1, 0.15) is 24.6 Å². The number of aryl methyl sites for hydroxylation is 1. The van der Waals surface area contributed by atoms with Crippen molar-refractivity contribution in [3.63, 3.8) is 0 Å². The molecule has 1 aromatic carbocycles. The molecule has 4 rings (SSSR count). The molecule has 0 saturated heterocycles. The lowest BCUT2D eigenvalue weighted by atomic mass is 10.1. The maximum Gasteiger partial charge on any atom is 0.269 e. The third-order valence-electron chi connectivity index (χ3n) is 4.75. The molecule has 1 amide bonds. The van der Waals surface area contributed by atoms with E-state index in [0.717, 1.165) is 11.3 Å². The minimum atomic E-state index is -0.491. The SMILES string of the molecule is CCCc1cc(=O)[nH]c(-n2nc(-c3cccs3)cc2NC(=O)Cc2ccc([N+](=O)[O-])cc2)n1. The molecule has 33 heavy (non-hydrogen) atoms. The second-order valence-corrected chi connectivity index (χ2v) is 8.21. The van der Waals surface area contributed by atoms with E-state index in [1.165, 1.54) is 34.2 Å². The summed E-state index contributed by atoms with van der Waals surface area (Å²) in [5, 5.41) is 20.1. The second-order valence-electron chi connectivity index (χ2n) is 7.26. The van der Waals surface area contributed by atoms with Crippen molar-refractivity contribution >= 4 is 28.7 Å². The Morgan fingerprint density at radius 3 is 2.70 bits per heavy atom. The van der Waals surface area contributed by atoms with E-state index in [1.54, 1.807) is 18.2 Å². The van der Waals surface area contributed by atoms with Crippen LogP contribution in [-0.2, 0) is 17.6 Å². The molecule has 0 unspecified atom stereocenters. The van der Waals surface area contributed by atoms with Crippen molar-refractivity contribution in [2.45, 2.75) is 26.2 Å². The van der Waals surface area contributed by atoms with Gasteiger partial charge in [0.2, 0.25) is 11.9 Å². The highest BCUT2D eigenvalue weighted by molar-refractivity contribution is 7.13. The summed E-state index contributed by atoms with van der Waals surface area (Å²) < 4.78 is 1.41. The zero-order valence-corrected chi connectivity index (χ0v) is 18.5. The van der Waals surface area contributed by atoms with Crippen LogP contribution in [0.25, 0.3) is 16.5 Å². The van der Waals surface area contributed by atoms with E-state index in [-0.39, 0.29) is 29.5 Å². The largest absolute Gasteiger partial charge is 0.310 e. The van der Waals surface area contributed by atoms with Crippen molar-refractivity contribution in [1.29, 1.82) is 0 Å². The van der Waals surface area contributed by atoms with Crippen LogP contribution in [-0.4, -0.2) is 30.6 Å². The monoisotopic (exact) mass is 464 g/mol. The number of nitro benzene ring substituents is 1. The van der Waals surface area contributed by atoms with E-state index in [1.807, 2.05) is 24.4 Å². The fourth-order valence-corrected chi connectivity index (χ4v) is 3.94. The van der Waals surface area contributed by atoms with E-state index in [2.05, 4.69) is 20.4 Å². The molecule has 0 saturated carbocycles. The number of hydrogen-bond donors (Lipinski definition) is 2. The van der Waals surface area contributed by atoms with E-state index < -0.39 is 4.92 Å². The zero-order valence-electron chi connectivity index (χ0n) is 17.6. The number of aromatic nitrogens is 4.